The van der Waals surface area contributed by atoms with Crippen LogP contribution in [0.1, 0.15) is 40.8 Å². The number of methoxy groups -OCH3 is 1. The summed E-state index contributed by atoms with van der Waals surface area (Å²) in [4.78, 5) is 12.4. The molecule has 1 heterocycles. The van der Waals surface area contributed by atoms with Crippen LogP contribution in [-0.2, 0) is 17.8 Å². The molecule has 34 heavy (non-hydrogen) atoms. The smallest absolute Gasteiger partial charge is 0.240 e. The van der Waals surface area contributed by atoms with Crippen LogP contribution in [0.25, 0.3) is 10.9 Å². The molecular formula is C29H31N3O2. The zero-order valence-corrected chi connectivity index (χ0v) is 20.0. The molecule has 0 aliphatic carbocycles. The number of carbonyl (C=O) groups is 1. The van der Waals surface area contributed by atoms with Gasteiger partial charge in [0.1, 0.15) is 5.75 Å². The predicted molar refractivity (Wildman–Crippen MR) is 139 cm³/mol. The summed E-state index contributed by atoms with van der Waals surface area (Å²) in [6.07, 6.45) is 3.81. The van der Waals surface area contributed by atoms with Gasteiger partial charge in [0, 0.05) is 35.1 Å². The maximum absolute atomic E-state index is 12.4. The lowest BCUT2D eigenvalue weighted by atomic mass is 10.0. The average molecular weight is 454 g/mol. The molecule has 1 amide bonds. The van der Waals surface area contributed by atoms with E-state index in [1.54, 1.807) is 13.3 Å². The van der Waals surface area contributed by atoms with Gasteiger partial charge in [0.05, 0.1) is 13.3 Å². The molecule has 0 radical (unpaired) electrons. The first-order chi connectivity index (χ1) is 16.6. The molecule has 4 aromatic rings. The van der Waals surface area contributed by atoms with Crippen molar-refractivity contribution >= 4 is 23.0 Å². The highest BCUT2D eigenvalue weighted by atomic mass is 16.5. The fraction of sp³-hybridized carbons (Fsp3) is 0.241. The summed E-state index contributed by atoms with van der Waals surface area (Å²) < 4.78 is 7.55. The monoisotopic (exact) mass is 453 g/mol. The molecule has 0 fully saturated rings. The minimum Gasteiger partial charge on any atom is -0.497 e. The number of aromatic nitrogens is 1. The largest absolute Gasteiger partial charge is 0.497 e. The molecule has 5 nitrogen and oxygen atoms in total. The Labute approximate surface area is 201 Å². The highest BCUT2D eigenvalue weighted by Crippen LogP contribution is 2.25. The second-order valence-electron chi connectivity index (χ2n) is 8.53. The summed E-state index contributed by atoms with van der Waals surface area (Å²) >= 11 is 0. The molecule has 0 saturated heterocycles. The first-order valence-electron chi connectivity index (χ1n) is 11.6. The van der Waals surface area contributed by atoms with Crippen molar-refractivity contribution in [1.29, 1.82) is 0 Å². The van der Waals surface area contributed by atoms with Crippen LogP contribution in [0.5, 0.6) is 5.75 Å². The van der Waals surface area contributed by atoms with Crippen molar-refractivity contribution in [3.05, 3.63) is 101 Å². The molecule has 3 aromatic carbocycles. The standard InChI is InChI=1S/C29H31N3O2/c1-21-18-25(34-3)17-16-24(21)12-9-15-29(33)31-30-19-27-22(2)32(20-23-10-5-4-6-11-23)28-14-8-7-13-26(27)28/h4-8,10-11,13-14,16-19H,9,12,15,20H2,1-3H3,(H,31,33)/b30-19-. The lowest BCUT2D eigenvalue weighted by Gasteiger charge is -2.08. The highest BCUT2D eigenvalue weighted by Gasteiger charge is 2.13. The minimum atomic E-state index is -0.0758. The molecule has 0 atom stereocenters. The molecule has 0 saturated carbocycles. The summed E-state index contributed by atoms with van der Waals surface area (Å²) in [5.74, 6) is 0.779. The Balaban J connectivity index is 1.39. The number of hydrazone groups is 1. The molecule has 0 bridgehead atoms. The maximum atomic E-state index is 12.4. The van der Waals surface area contributed by atoms with Gasteiger partial charge in [-0.2, -0.15) is 5.10 Å². The van der Waals surface area contributed by atoms with Crippen LogP contribution in [0.4, 0.5) is 0 Å². The van der Waals surface area contributed by atoms with Gasteiger partial charge >= 0.3 is 0 Å². The minimum absolute atomic E-state index is 0.0758. The molecule has 4 rings (SSSR count). The molecule has 0 aliphatic heterocycles. The molecule has 0 aliphatic rings. The van der Waals surface area contributed by atoms with Crippen molar-refractivity contribution < 1.29 is 9.53 Å². The Bertz CT molecular complexity index is 1310. The van der Waals surface area contributed by atoms with Crippen molar-refractivity contribution in [3.63, 3.8) is 0 Å². The van der Waals surface area contributed by atoms with Gasteiger partial charge in [-0.25, -0.2) is 5.43 Å². The zero-order chi connectivity index (χ0) is 23.9. The second kappa shape index (κ2) is 10.8. The lowest BCUT2D eigenvalue weighted by Crippen LogP contribution is -2.17. The Kier molecular flexibility index (Phi) is 7.43. The van der Waals surface area contributed by atoms with E-state index in [1.165, 1.54) is 16.7 Å². The van der Waals surface area contributed by atoms with E-state index >= 15 is 0 Å². The third-order valence-corrected chi connectivity index (χ3v) is 6.25. The third kappa shape index (κ3) is 5.37. The first-order valence-corrected chi connectivity index (χ1v) is 11.6. The molecule has 174 valence electrons. The van der Waals surface area contributed by atoms with Crippen LogP contribution in [0.2, 0.25) is 0 Å². The number of hydrogen-bond acceptors (Lipinski definition) is 3. The maximum Gasteiger partial charge on any atom is 0.240 e. The number of aryl methyl sites for hydroxylation is 2. The lowest BCUT2D eigenvalue weighted by molar-refractivity contribution is -0.121. The van der Waals surface area contributed by atoms with Gasteiger partial charge in [-0.1, -0.05) is 54.6 Å². The summed E-state index contributed by atoms with van der Waals surface area (Å²) in [6.45, 7) is 4.96. The average Bonchev–Trinajstić information content (AvgIpc) is 3.11. The van der Waals surface area contributed by atoms with Crippen LogP contribution in [0.3, 0.4) is 0 Å². The van der Waals surface area contributed by atoms with E-state index in [2.05, 4.69) is 77.5 Å². The van der Waals surface area contributed by atoms with Gasteiger partial charge in [-0.3, -0.25) is 4.79 Å². The van der Waals surface area contributed by atoms with E-state index in [1.807, 2.05) is 24.3 Å². The van der Waals surface area contributed by atoms with Crippen molar-refractivity contribution in [2.75, 3.05) is 7.11 Å². The van der Waals surface area contributed by atoms with Crippen molar-refractivity contribution in [2.24, 2.45) is 5.10 Å². The molecule has 5 heteroatoms. The van der Waals surface area contributed by atoms with Crippen LogP contribution in [0, 0.1) is 13.8 Å². The van der Waals surface area contributed by atoms with Crippen LogP contribution in [0.15, 0.2) is 77.9 Å². The number of hydrogen-bond donors (Lipinski definition) is 1. The Hall–Kier alpha value is -3.86. The van der Waals surface area contributed by atoms with E-state index < -0.39 is 0 Å². The van der Waals surface area contributed by atoms with Crippen molar-refractivity contribution in [3.8, 4) is 5.75 Å². The number of amides is 1. The number of benzene rings is 3. The molecular weight excluding hydrogens is 422 g/mol. The summed E-state index contributed by atoms with van der Waals surface area (Å²) in [5, 5.41) is 5.41. The fourth-order valence-electron chi connectivity index (χ4n) is 4.33. The second-order valence-corrected chi connectivity index (χ2v) is 8.53. The number of rotatable bonds is 9. The number of fused-ring (bicyclic) bond motifs is 1. The molecule has 1 N–H and O–H groups in total. The number of nitrogens with zero attached hydrogens (tertiary/aromatic N) is 2. The zero-order valence-electron chi connectivity index (χ0n) is 20.0. The SMILES string of the molecule is COc1ccc(CCCC(=O)N/N=C\c2c(C)n(Cc3ccccc3)c3ccccc23)c(C)c1. The van der Waals surface area contributed by atoms with E-state index in [9.17, 15) is 4.79 Å². The predicted octanol–water partition coefficient (Wildman–Crippen LogP) is 5.79. The van der Waals surface area contributed by atoms with Crippen LogP contribution in [-0.4, -0.2) is 23.8 Å². The van der Waals surface area contributed by atoms with E-state index in [-0.39, 0.29) is 5.91 Å². The Morgan fingerprint density at radius 3 is 2.56 bits per heavy atom. The van der Waals surface area contributed by atoms with Crippen molar-refractivity contribution in [2.45, 2.75) is 39.7 Å². The normalized spacial score (nSPS) is 11.3. The molecule has 1 aromatic heterocycles. The van der Waals surface area contributed by atoms with Crippen LogP contribution >= 0.6 is 0 Å². The third-order valence-electron chi connectivity index (χ3n) is 6.25. The summed E-state index contributed by atoms with van der Waals surface area (Å²) in [7, 11) is 1.67. The Morgan fingerprint density at radius 1 is 1.03 bits per heavy atom. The quantitative estimate of drug-likeness (QED) is 0.258. The van der Waals surface area contributed by atoms with Gasteiger partial charge in [0.2, 0.25) is 5.91 Å². The number of ether oxygens (including phenoxy) is 1. The van der Waals surface area contributed by atoms with Gasteiger partial charge in [-0.05, 0) is 61.6 Å². The summed E-state index contributed by atoms with van der Waals surface area (Å²) in [5.41, 5.74) is 9.67. The number of carbonyl (C=O) groups excluding carboxylic acids is 1. The summed E-state index contributed by atoms with van der Waals surface area (Å²) in [6, 6.07) is 24.8. The highest BCUT2D eigenvalue weighted by molar-refractivity contribution is 6.01. The first kappa shape index (κ1) is 23.3. The number of para-hydroxylation sites is 1. The van der Waals surface area contributed by atoms with Crippen molar-refractivity contribution in [1.82, 2.24) is 9.99 Å². The Morgan fingerprint density at radius 2 is 1.79 bits per heavy atom. The van der Waals surface area contributed by atoms with Crippen LogP contribution < -0.4 is 10.2 Å². The fourth-order valence-corrected chi connectivity index (χ4v) is 4.33. The molecule has 0 unspecified atom stereocenters. The van der Waals surface area contributed by atoms with Gasteiger partial charge in [0.15, 0.2) is 0 Å². The number of nitrogens with one attached hydrogen (secondary N) is 1. The van der Waals surface area contributed by atoms with Gasteiger partial charge in [-0.15, -0.1) is 0 Å². The van der Waals surface area contributed by atoms with Gasteiger partial charge < -0.3 is 9.30 Å². The van der Waals surface area contributed by atoms with E-state index in [4.69, 9.17) is 4.74 Å². The van der Waals surface area contributed by atoms with Gasteiger partial charge in [0.25, 0.3) is 0 Å². The topological polar surface area (TPSA) is 55.6 Å². The molecule has 0 spiro atoms. The van der Waals surface area contributed by atoms with E-state index in [0.717, 1.165) is 47.3 Å². The van der Waals surface area contributed by atoms with E-state index in [0.29, 0.717) is 6.42 Å².